The van der Waals surface area contributed by atoms with Crippen molar-refractivity contribution in [2.45, 2.75) is 16.9 Å². The third-order valence-electron chi connectivity index (χ3n) is 2.83. The summed E-state index contributed by atoms with van der Waals surface area (Å²) in [4.78, 5) is 10.4. The molecule has 0 saturated heterocycles. The van der Waals surface area contributed by atoms with Gasteiger partial charge in [0, 0.05) is 4.92 Å². The molecular formula is C13H11N3O4S. The molecule has 1 aliphatic rings. The van der Waals surface area contributed by atoms with Crippen molar-refractivity contribution in [3.05, 3.63) is 33.9 Å². The zero-order chi connectivity index (χ0) is 15.2. The second kappa shape index (κ2) is 6.82. The molecule has 0 fully saturated rings. The molecule has 2 rings (SSSR count). The number of hydrogen-bond acceptors (Lipinski definition) is 7. The predicted molar refractivity (Wildman–Crippen MR) is 74.4 cm³/mol. The Hall–Kier alpha value is -2.45. The maximum absolute atomic E-state index is 10.8. The van der Waals surface area contributed by atoms with Gasteiger partial charge in [0.25, 0.3) is 0 Å². The fourth-order valence-electron chi connectivity index (χ4n) is 1.88. The van der Waals surface area contributed by atoms with Gasteiger partial charge in [-0.05, 0) is 17.7 Å². The van der Waals surface area contributed by atoms with E-state index in [4.69, 9.17) is 20.0 Å². The van der Waals surface area contributed by atoms with Crippen LogP contribution in [0.1, 0.15) is 17.2 Å². The van der Waals surface area contributed by atoms with Crippen LogP contribution in [0.5, 0.6) is 11.5 Å². The molecule has 2 atom stereocenters. The normalized spacial score (nSPS) is 14.8. The van der Waals surface area contributed by atoms with Crippen LogP contribution in [0.25, 0.3) is 0 Å². The lowest BCUT2D eigenvalue weighted by Crippen LogP contribution is -2.13. The fraction of sp³-hybridized carbons (Fsp3) is 0.385. The van der Waals surface area contributed by atoms with Gasteiger partial charge in [-0.25, -0.2) is 0 Å². The average Bonchev–Trinajstić information content (AvgIpc) is 2.92. The van der Waals surface area contributed by atoms with Crippen LogP contribution in [0, 0.1) is 32.8 Å². The average molecular weight is 305 g/mol. The van der Waals surface area contributed by atoms with Gasteiger partial charge in [-0.15, -0.1) is 11.8 Å². The highest BCUT2D eigenvalue weighted by Crippen LogP contribution is 2.39. The monoisotopic (exact) mass is 305 g/mol. The highest BCUT2D eigenvalue weighted by Gasteiger charge is 2.25. The van der Waals surface area contributed by atoms with Crippen molar-refractivity contribution in [2.24, 2.45) is 0 Å². The number of ether oxygens (including phenoxy) is 2. The van der Waals surface area contributed by atoms with Crippen molar-refractivity contribution < 1.29 is 14.4 Å². The molecule has 0 aliphatic carbocycles. The second-order valence-corrected chi connectivity index (χ2v) is 5.64. The number of hydrogen-bond donors (Lipinski definition) is 0. The molecule has 7 nitrogen and oxygen atoms in total. The second-order valence-electron chi connectivity index (χ2n) is 4.23. The first-order chi connectivity index (χ1) is 10.1. The maximum atomic E-state index is 10.8. The first kappa shape index (κ1) is 14.9. The lowest BCUT2D eigenvalue weighted by molar-refractivity contribution is -0.479. The number of benzene rings is 1. The summed E-state index contributed by atoms with van der Waals surface area (Å²) in [6.07, 6.45) is 0.0277. The molecule has 1 aromatic carbocycles. The Bertz CT molecular complexity index is 623. The van der Waals surface area contributed by atoms with E-state index in [9.17, 15) is 10.1 Å². The first-order valence-electron chi connectivity index (χ1n) is 6.07. The van der Waals surface area contributed by atoms with Crippen molar-refractivity contribution in [1.29, 1.82) is 10.5 Å². The summed E-state index contributed by atoms with van der Waals surface area (Å²) in [5, 5.41) is 27.4. The third-order valence-corrected chi connectivity index (χ3v) is 4.18. The maximum Gasteiger partial charge on any atom is 0.231 e. The number of nitriles is 2. The zero-order valence-corrected chi connectivity index (χ0v) is 11.7. The van der Waals surface area contributed by atoms with E-state index < -0.39 is 15.4 Å². The van der Waals surface area contributed by atoms with Gasteiger partial charge in [0.15, 0.2) is 11.5 Å². The summed E-state index contributed by atoms with van der Waals surface area (Å²) < 4.78 is 10.5. The molecule has 0 amide bonds. The van der Waals surface area contributed by atoms with Crippen molar-refractivity contribution in [2.75, 3.05) is 13.3 Å². The fourth-order valence-corrected chi connectivity index (χ4v) is 3.02. The number of fused-ring (bicyclic) bond motifs is 1. The number of rotatable bonds is 6. The van der Waals surface area contributed by atoms with Crippen molar-refractivity contribution in [3.8, 4) is 23.6 Å². The Morgan fingerprint density at radius 1 is 1.38 bits per heavy atom. The van der Waals surface area contributed by atoms with E-state index in [0.717, 1.165) is 11.8 Å². The standard InChI is InChI=1S/C13H11N3O4S/c14-4-3-10(6-15)21-13(7-16(17)18)9-1-2-11-12(5-9)20-8-19-11/h1-2,5,10,13H,3,7-8H2. The SMILES string of the molecule is N#CCC(C#N)SC(C[N+](=O)[O-])c1ccc2c(c1)OCO2. The number of thioether (sulfide) groups is 1. The summed E-state index contributed by atoms with van der Waals surface area (Å²) in [5.41, 5.74) is 0.680. The van der Waals surface area contributed by atoms with Crippen LogP contribution < -0.4 is 9.47 Å². The van der Waals surface area contributed by atoms with E-state index in [1.807, 2.05) is 12.1 Å². The van der Waals surface area contributed by atoms with Crippen LogP contribution in [-0.4, -0.2) is 23.5 Å². The molecule has 0 bridgehead atoms. The van der Waals surface area contributed by atoms with Gasteiger partial charge >= 0.3 is 0 Å². The number of nitro groups is 1. The molecule has 1 aliphatic heterocycles. The highest BCUT2D eigenvalue weighted by molar-refractivity contribution is 8.00. The Labute approximate surface area is 125 Å². The van der Waals surface area contributed by atoms with Crippen molar-refractivity contribution in [3.63, 3.8) is 0 Å². The molecule has 108 valence electrons. The van der Waals surface area contributed by atoms with E-state index in [0.29, 0.717) is 17.1 Å². The van der Waals surface area contributed by atoms with Gasteiger partial charge in [-0.1, -0.05) is 6.07 Å². The molecule has 21 heavy (non-hydrogen) atoms. The Morgan fingerprint density at radius 2 is 2.14 bits per heavy atom. The summed E-state index contributed by atoms with van der Waals surface area (Å²) in [6.45, 7) is -0.199. The van der Waals surface area contributed by atoms with E-state index >= 15 is 0 Å². The summed E-state index contributed by atoms with van der Waals surface area (Å²) in [7, 11) is 0. The lowest BCUT2D eigenvalue weighted by Gasteiger charge is -2.15. The van der Waals surface area contributed by atoms with Gasteiger partial charge in [0.2, 0.25) is 13.3 Å². The van der Waals surface area contributed by atoms with Crippen LogP contribution >= 0.6 is 11.8 Å². The molecule has 0 aromatic heterocycles. The van der Waals surface area contributed by atoms with E-state index in [1.54, 1.807) is 18.2 Å². The van der Waals surface area contributed by atoms with Gasteiger partial charge < -0.3 is 9.47 Å². The Balaban J connectivity index is 2.21. The first-order valence-corrected chi connectivity index (χ1v) is 7.01. The smallest absolute Gasteiger partial charge is 0.231 e. The van der Waals surface area contributed by atoms with E-state index in [1.165, 1.54) is 0 Å². The van der Waals surface area contributed by atoms with Crippen LogP contribution in [0.2, 0.25) is 0 Å². The third kappa shape index (κ3) is 3.77. The van der Waals surface area contributed by atoms with Crippen LogP contribution in [0.3, 0.4) is 0 Å². The largest absolute Gasteiger partial charge is 0.454 e. The van der Waals surface area contributed by atoms with Gasteiger partial charge in [0.05, 0.1) is 23.8 Å². The van der Waals surface area contributed by atoms with Crippen LogP contribution in [0.15, 0.2) is 18.2 Å². The topological polar surface area (TPSA) is 109 Å². The molecular weight excluding hydrogens is 294 g/mol. The highest BCUT2D eigenvalue weighted by atomic mass is 32.2. The molecule has 8 heteroatoms. The summed E-state index contributed by atoms with van der Waals surface area (Å²) in [5.74, 6) is 1.13. The minimum absolute atomic E-state index is 0.0277. The zero-order valence-electron chi connectivity index (χ0n) is 10.9. The molecule has 0 spiro atoms. The van der Waals surface area contributed by atoms with Gasteiger partial charge in [0.1, 0.15) is 5.25 Å². The molecule has 0 saturated carbocycles. The predicted octanol–water partition coefficient (Wildman–Crippen LogP) is 2.27. The van der Waals surface area contributed by atoms with Crippen molar-refractivity contribution >= 4 is 11.8 Å². The van der Waals surface area contributed by atoms with Gasteiger partial charge in [-0.2, -0.15) is 10.5 Å². The Morgan fingerprint density at radius 3 is 2.81 bits per heavy atom. The van der Waals surface area contributed by atoms with E-state index in [2.05, 4.69) is 0 Å². The molecule has 1 aromatic rings. The quantitative estimate of drug-likeness (QED) is 0.585. The molecule has 0 N–H and O–H groups in total. The number of nitrogens with zero attached hydrogens (tertiary/aromatic N) is 3. The lowest BCUT2D eigenvalue weighted by atomic mass is 10.1. The Kier molecular flexibility index (Phi) is 4.85. The molecule has 1 heterocycles. The van der Waals surface area contributed by atoms with Crippen LogP contribution in [0.4, 0.5) is 0 Å². The summed E-state index contributed by atoms with van der Waals surface area (Å²) >= 11 is 1.12. The minimum Gasteiger partial charge on any atom is -0.454 e. The van der Waals surface area contributed by atoms with E-state index in [-0.39, 0.29) is 19.8 Å². The van der Waals surface area contributed by atoms with Gasteiger partial charge in [-0.3, -0.25) is 10.1 Å². The van der Waals surface area contributed by atoms with Crippen molar-refractivity contribution in [1.82, 2.24) is 0 Å². The molecule has 2 unspecified atom stereocenters. The van der Waals surface area contributed by atoms with Crippen LogP contribution in [-0.2, 0) is 0 Å². The molecule has 0 radical (unpaired) electrons. The summed E-state index contributed by atoms with van der Waals surface area (Å²) in [6, 6.07) is 9.00. The minimum atomic E-state index is -0.606.